The third-order valence-corrected chi connectivity index (χ3v) is 9.16. The minimum Gasteiger partial charge on any atom is -0.376 e. The molecule has 40 heavy (non-hydrogen) atoms. The zero-order valence-corrected chi connectivity index (χ0v) is 23.6. The van der Waals surface area contributed by atoms with Crippen molar-refractivity contribution >= 4 is 44.8 Å². The van der Waals surface area contributed by atoms with Crippen LogP contribution in [0.2, 0.25) is 5.02 Å². The molecule has 0 aromatic heterocycles. The van der Waals surface area contributed by atoms with Gasteiger partial charge in [-0.3, -0.25) is 14.4 Å². The van der Waals surface area contributed by atoms with E-state index in [-0.39, 0.29) is 25.3 Å². The van der Waals surface area contributed by atoms with Crippen molar-refractivity contribution in [2.75, 3.05) is 24.7 Å². The lowest BCUT2D eigenvalue weighted by molar-refractivity contribution is -0.193. The highest BCUT2D eigenvalue weighted by Crippen LogP contribution is 2.49. The van der Waals surface area contributed by atoms with Crippen LogP contribution >= 0.6 is 11.6 Å². The van der Waals surface area contributed by atoms with Crippen LogP contribution in [-0.2, 0) is 24.2 Å². The number of amides is 3. The number of anilines is 1. The van der Waals surface area contributed by atoms with Crippen LogP contribution in [0, 0.1) is 18.8 Å². The summed E-state index contributed by atoms with van der Waals surface area (Å²) in [5.74, 6) is -7.20. The second-order valence-electron chi connectivity index (χ2n) is 10.7. The molecule has 5 atom stereocenters. The molecule has 3 aliphatic heterocycles. The van der Waals surface area contributed by atoms with E-state index in [4.69, 9.17) is 11.6 Å². The fourth-order valence-corrected chi connectivity index (χ4v) is 6.41. The van der Waals surface area contributed by atoms with Crippen LogP contribution in [0.1, 0.15) is 37.7 Å². The van der Waals surface area contributed by atoms with E-state index in [0.717, 1.165) is 0 Å². The average Bonchev–Trinajstić information content (AvgIpc) is 3.27. The van der Waals surface area contributed by atoms with Crippen LogP contribution < -0.4 is 16.0 Å². The Morgan fingerprint density at radius 2 is 2.00 bits per heavy atom. The SMILES string of the molecule is Cc1c(Cl)cccc1NCC(=O)N1[C@H]2CC[C@@H]([C@@H]1C(=O)N[C@@H](/C=C(\F)S(C)(=O)=O)C[C@H]1CCNC1=O)C(F)(F)C2. The van der Waals surface area contributed by atoms with Crippen LogP contribution in [0.4, 0.5) is 18.9 Å². The van der Waals surface area contributed by atoms with Crippen molar-refractivity contribution in [2.24, 2.45) is 11.8 Å². The number of sulfone groups is 1. The summed E-state index contributed by atoms with van der Waals surface area (Å²) >= 11 is 6.14. The Kier molecular flexibility index (Phi) is 8.74. The van der Waals surface area contributed by atoms with E-state index in [1.165, 1.54) is 4.90 Å². The molecule has 0 unspecified atom stereocenters. The topological polar surface area (TPSA) is 125 Å². The fraction of sp³-hybridized carbons (Fsp3) is 0.577. The zero-order valence-electron chi connectivity index (χ0n) is 22.1. The molecule has 1 aromatic rings. The number of piperidine rings is 2. The van der Waals surface area contributed by atoms with Crippen molar-refractivity contribution in [1.29, 1.82) is 0 Å². The number of benzene rings is 1. The summed E-state index contributed by atoms with van der Waals surface area (Å²) in [5.41, 5.74) is 1.27. The van der Waals surface area contributed by atoms with E-state index >= 15 is 8.78 Å². The lowest BCUT2D eigenvalue weighted by atomic mass is 9.71. The summed E-state index contributed by atoms with van der Waals surface area (Å²) in [4.78, 5) is 40.3. The first-order valence-electron chi connectivity index (χ1n) is 13.0. The molecule has 2 bridgehead atoms. The molecule has 1 aromatic carbocycles. The van der Waals surface area contributed by atoms with Crippen molar-refractivity contribution in [1.82, 2.24) is 15.5 Å². The summed E-state index contributed by atoms with van der Waals surface area (Å²) in [7, 11) is -4.26. The Hall–Kier alpha value is -2.80. The molecule has 1 aliphatic carbocycles. The molecule has 3 N–H and O–H groups in total. The van der Waals surface area contributed by atoms with Crippen molar-refractivity contribution in [3.63, 3.8) is 0 Å². The minimum atomic E-state index is -4.26. The Morgan fingerprint density at radius 1 is 1.27 bits per heavy atom. The van der Waals surface area contributed by atoms with Gasteiger partial charge in [-0.05, 0) is 56.4 Å². The van der Waals surface area contributed by atoms with Gasteiger partial charge in [0.1, 0.15) is 6.04 Å². The molecule has 5 rings (SSSR count). The van der Waals surface area contributed by atoms with Gasteiger partial charge in [-0.15, -0.1) is 0 Å². The van der Waals surface area contributed by atoms with Crippen molar-refractivity contribution in [2.45, 2.75) is 63.1 Å². The molecule has 4 aliphatic rings. The lowest BCUT2D eigenvalue weighted by Gasteiger charge is -2.53. The number of carbonyl (C=O) groups excluding carboxylic acids is 3. The summed E-state index contributed by atoms with van der Waals surface area (Å²) < 4.78 is 67.9. The van der Waals surface area contributed by atoms with E-state index < -0.39 is 69.1 Å². The van der Waals surface area contributed by atoms with E-state index in [1.807, 2.05) is 0 Å². The monoisotopic (exact) mass is 604 g/mol. The van der Waals surface area contributed by atoms with Gasteiger partial charge < -0.3 is 20.9 Å². The summed E-state index contributed by atoms with van der Waals surface area (Å²) in [5, 5.41) is 7.01. The summed E-state index contributed by atoms with van der Waals surface area (Å²) in [6.07, 6.45) is 1.27. The van der Waals surface area contributed by atoms with E-state index in [2.05, 4.69) is 16.0 Å². The third-order valence-electron chi connectivity index (χ3n) is 7.91. The molecule has 14 heteroatoms. The number of nitrogens with one attached hydrogen (secondary N) is 3. The normalized spacial score (nSPS) is 26.8. The second kappa shape index (κ2) is 11.6. The maximum absolute atomic E-state index is 15.0. The standard InChI is InChI=1S/C26H32ClF3N4O5S/c1-14-19(27)4-3-5-20(14)32-13-22(35)34-17-6-7-18(26(29,30)12-17)23(34)25(37)33-16(11-21(28)40(2,38)39)10-15-8-9-31-24(15)36/h3-5,11,15-18,23,32H,6-10,12-13H2,1-2H3,(H,31,36)(H,33,37)/b21-11+/t15-,16-,17+,18+,23-/m1/s1. The van der Waals surface area contributed by atoms with Gasteiger partial charge >= 0.3 is 0 Å². The van der Waals surface area contributed by atoms with Gasteiger partial charge in [0.25, 0.3) is 5.92 Å². The molecule has 220 valence electrons. The number of carbonyl (C=O) groups is 3. The molecule has 3 heterocycles. The van der Waals surface area contributed by atoms with Gasteiger partial charge in [0.05, 0.1) is 18.5 Å². The lowest BCUT2D eigenvalue weighted by Crippen LogP contribution is -2.69. The molecule has 3 amide bonds. The van der Waals surface area contributed by atoms with E-state index in [0.29, 0.717) is 48.0 Å². The predicted molar refractivity (Wildman–Crippen MR) is 143 cm³/mol. The van der Waals surface area contributed by atoms with Crippen LogP contribution in [0.3, 0.4) is 0 Å². The average molecular weight is 605 g/mol. The number of fused-ring (bicyclic) bond motifs is 3. The first-order valence-corrected chi connectivity index (χ1v) is 15.3. The molecular formula is C26H32ClF3N4O5S. The Bertz CT molecular complexity index is 1330. The van der Waals surface area contributed by atoms with Crippen LogP contribution in [0.5, 0.6) is 0 Å². The quantitative estimate of drug-likeness (QED) is 0.398. The van der Waals surface area contributed by atoms with Crippen LogP contribution in [0.15, 0.2) is 29.4 Å². The molecular weight excluding hydrogens is 573 g/mol. The number of nitrogens with zero attached hydrogens (tertiary/aromatic N) is 1. The maximum Gasteiger partial charge on any atom is 0.255 e. The van der Waals surface area contributed by atoms with Gasteiger partial charge in [0.15, 0.2) is 0 Å². The molecule has 1 saturated carbocycles. The van der Waals surface area contributed by atoms with Gasteiger partial charge in [-0.25, -0.2) is 17.2 Å². The summed E-state index contributed by atoms with van der Waals surface area (Å²) in [6.45, 7) is 1.83. The third kappa shape index (κ3) is 6.40. The maximum atomic E-state index is 15.0. The van der Waals surface area contributed by atoms with E-state index in [1.54, 1.807) is 25.1 Å². The zero-order chi connectivity index (χ0) is 29.4. The van der Waals surface area contributed by atoms with Crippen molar-refractivity contribution < 1.29 is 36.0 Å². The molecule has 4 fully saturated rings. The van der Waals surface area contributed by atoms with Gasteiger partial charge in [-0.1, -0.05) is 17.7 Å². The van der Waals surface area contributed by atoms with Crippen molar-refractivity contribution in [3.8, 4) is 0 Å². The molecule has 3 saturated heterocycles. The minimum absolute atomic E-state index is 0.00357. The first kappa shape index (κ1) is 30.2. The number of hydrogen-bond acceptors (Lipinski definition) is 6. The van der Waals surface area contributed by atoms with Crippen molar-refractivity contribution in [3.05, 3.63) is 40.0 Å². The Morgan fingerprint density at radius 3 is 2.62 bits per heavy atom. The predicted octanol–water partition coefficient (Wildman–Crippen LogP) is 2.94. The van der Waals surface area contributed by atoms with Gasteiger partial charge in [-0.2, -0.15) is 4.39 Å². The summed E-state index contributed by atoms with van der Waals surface area (Å²) in [6, 6.07) is 1.34. The second-order valence-corrected chi connectivity index (χ2v) is 13.0. The molecule has 0 spiro atoms. The smallest absolute Gasteiger partial charge is 0.255 e. The number of halogens is 4. The largest absolute Gasteiger partial charge is 0.376 e. The van der Waals surface area contributed by atoms with E-state index in [9.17, 15) is 27.2 Å². The molecule has 0 radical (unpaired) electrons. The number of hydrogen-bond donors (Lipinski definition) is 3. The van der Waals surface area contributed by atoms with Gasteiger partial charge in [0.2, 0.25) is 32.7 Å². The first-order chi connectivity index (χ1) is 18.7. The Balaban J connectivity index is 1.59. The highest BCUT2D eigenvalue weighted by molar-refractivity contribution is 7.94. The van der Waals surface area contributed by atoms with Crippen LogP contribution in [0.25, 0.3) is 0 Å². The highest BCUT2D eigenvalue weighted by Gasteiger charge is 2.60. The number of alkyl halides is 2. The van der Waals surface area contributed by atoms with Crippen LogP contribution in [-0.4, -0.2) is 74.4 Å². The Labute approximate surface area is 235 Å². The van der Waals surface area contributed by atoms with Gasteiger partial charge in [0, 0.05) is 41.9 Å². The highest BCUT2D eigenvalue weighted by atomic mass is 35.5. The fourth-order valence-electron chi connectivity index (χ4n) is 5.82. The molecule has 9 nitrogen and oxygen atoms in total. The number of rotatable bonds is 9.